The Morgan fingerprint density at radius 2 is 1.96 bits per heavy atom. The van der Waals surface area contributed by atoms with Crippen LogP contribution in [0, 0.1) is 0 Å². The molecule has 2 aliphatic rings. The van der Waals surface area contributed by atoms with Crippen LogP contribution in [0.4, 0.5) is 0 Å². The first-order valence-electron chi connectivity index (χ1n) is 9.37. The molecular formula is C19H23N5O. The van der Waals surface area contributed by atoms with Crippen LogP contribution in [0.3, 0.4) is 0 Å². The summed E-state index contributed by atoms with van der Waals surface area (Å²) in [5.41, 5.74) is 2.25. The summed E-state index contributed by atoms with van der Waals surface area (Å²) in [6.07, 6.45) is 11.1. The predicted octanol–water partition coefficient (Wildman–Crippen LogP) is 3.71. The van der Waals surface area contributed by atoms with E-state index in [9.17, 15) is 0 Å². The molecule has 0 aromatic carbocycles. The zero-order chi connectivity index (χ0) is 16.6. The quantitative estimate of drug-likeness (QED) is 0.726. The van der Waals surface area contributed by atoms with Crippen LogP contribution in [0.2, 0.25) is 0 Å². The van der Waals surface area contributed by atoms with E-state index in [0.717, 1.165) is 36.9 Å². The average molecular weight is 337 g/mol. The Morgan fingerprint density at radius 1 is 1.04 bits per heavy atom. The van der Waals surface area contributed by atoms with E-state index < -0.39 is 0 Å². The molecule has 1 saturated heterocycles. The van der Waals surface area contributed by atoms with Crippen molar-refractivity contribution in [3.63, 3.8) is 0 Å². The predicted molar refractivity (Wildman–Crippen MR) is 93.1 cm³/mol. The third-order valence-electron chi connectivity index (χ3n) is 5.69. The Morgan fingerprint density at radius 3 is 2.84 bits per heavy atom. The van der Waals surface area contributed by atoms with E-state index in [4.69, 9.17) is 4.42 Å². The van der Waals surface area contributed by atoms with Gasteiger partial charge >= 0.3 is 0 Å². The highest BCUT2D eigenvalue weighted by molar-refractivity contribution is 5.39. The molecule has 25 heavy (non-hydrogen) atoms. The van der Waals surface area contributed by atoms with Crippen LogP contribution in [-0.4, -0.2) is 31.0 Å². The summed E-state index contributed by atoms with van der Waals surface area (Å²) < 4.78 is 8.25. The second-order valence-electron chi connectivity index (χ2n) is 7.26. The first-order chi connectivity index (χ1) is 12.4. The molecule has 0 N–H and O–H groups in total. The largest absolute Gasteiger partial charge is 0.423 e. The maximum absolute atomic E-state index is 6.08. The molecule has 6 heteroatoms. The van der Waals surface area contributed by atoms with Crippen LogP contribution < -0.4 is 0 Å². The van der Waals surface area contributed by atoms with Gasteiger partial charge in [0.2, 0.25) is 11.8 Å². The second-order valence-corrected chi connectivity index (χ2v) is 7.26. The van der Waals surface area contributed by atoms with Crippen molar-refractivity contribution in [2.75, 3.05) is 6.54 Å². The van der Waals surface area contributed by atoms with Gasteiger partial charge in [0.1, 0.15) is 5.65 Å². The van der Waals surface area contributed by atoms with Crippen molar-refractivity contribution < 1.29 is 4.42 Å². The van der Waals surface area contributed by atoms with Crippen molar-refractivity contribution in [2.45, 2.75) is 57.0 Å². The fourth-order valence-corrected chi connectivity index (χ4v) is 4.00. The molecule has 6 nitrogen and oxygen atoms in total. The normalized spacial score (nSPS) is 22.3. The van der Waals surface area contributed by atoms with Crippen LogP contribution in [0.15, 0.2) is 35.0 Å². The molecule has 0 amide bonds. The molecule has 3 aromatic heterocycles. The highest BCUT2D eigenvalue weighted by atomic mass is 16.4. The fourth-order valence-electron chi connectivity index (χ4n) is 4.00. The van der Waals surface area contributed by atoms with E-state index in [1.165, 1.54) is 37.8 Å². The zero-order valence-corrected chi connectivity index (χ0v) is 14.3. The van der Waals surface area contributed by atoms with Gasteiger partial charge < -0.3 is 8.82 Å². The number of hydrogen-bond acceptors (Lipinski definition) is 5. The summed E-state index contributed by atoms with van der Waals surface area (Å²) >= 11 is 0. The molecule has 1 aliphatic heterocycles. The molecule has 3 aromatic rings. The lowest BCUT2D eigenvalue weighted by atomic mass is 9.85. The van der Waals surface area contributed by atoms with Gasteiger partial charge in [0.05, 0.1) is 6.04 Å². The summed E-state index contributed by atoms with van der Waals surface area (Å²) in [6.45, 7) is 1.94. The summed E-state index contributed by atoms with van der Waals surface area (Å²) in [4.78, 5) is 6.87. The lowest BCUT2D eigenvalue weighted by Crippen LogP contribution is -2.33. The number of rotatable bonds is 4. The van der Waals surface area contributed by atoms with Gasteiger partial charge in [-0.3, -0.25) is 4.90 Å². The van der Waals surface area contributed by atoms with Gasteiger partial charge in [-0.15, -0.1) is 10.2 Å². The first kappa shape index (κ1) is 15.1. The Labute approximate surface area is 146 Å². The molecule has 4 heterocycles. The molecule has 0 spiro atoms. The molecule has 0 unspecified atom stereocenters. The molecule has 2 fully saturated rings. The standard InChI is InChI=1S/C19H23N5O/c1-2-11-23(13-15-7-4-9-17-20-10-12-24(15)17)16(8-1)19-22-21-18(25-19)14-5-3-6-14/h4,7,9-10,12,14,16H,1-3,5-6,8,11,13H2/t16-/m1/s1. The SMILES string of the molecule is c1cc(CN2CCCC[C@@H]2c2nnc(C3CCC3)o2)n2ccnc2c1. The molecule has 1 aliphatic carbocycles. The Bertz CT molecular complexity index is 865. The monoisotopic (exact) mass is 337 g/mol. The van der Waals surface area contributed by atoms with Crippen LogP contribution in [0.5, 0.6) is 0 Å². The summed E-state index contributed by atoms with van der Waals surface area (Å²) in [7, 11) is 0. The second kappa shape index (κ2) is 6.26. The maximum Gasteiger partial charge on any atom is 0.233 e. The third-order valence-corrected chi connectivity index (χ3v) is 5.69. The van der Waals surface area contributed by atoms with E-state index in [1.807, 2.05) is 18.5 Å². The van der Waals surface area contributed by atoms with Crippen LogP contribution in [-0.2, 0) is 6.54 Å². The number of piperidine rings is 1. The average Bonchev–Trinajstić information content (AvgIpc) is 3.24. The number of hydrogen-bond donors (Lipinski definition) is 0. The van der Waals surface area contributed by atoms with E-state index in [0.29, 0.717) is 5.92 Å². The summed E-state index contributed by atoms with van der Waals surface area (Å²) in [5.74, 6) is 2.15. The maximum atomic E-state index is 6.08. The van der Waals surface area contributed by atoms with E-state index >= 15 is 0 Å². The highest BCUT2D eigenvalue weighted by Gasteiger charge is 2.31. The summed E-state index contributed by atoms with van der Waals surface area (Å²) in [5, 5.41) is 8.75. The summed E-state index contributed by atoms with van der Waals surface area (Å²) in [6, 6.07) is 6.53. The molecule has 130 valence electrons. The first-order valence-corrected chi connectivity index (χ1v) is 9.37. The minimum atomic E-state index is 0.230. The van der Waals surface area contributed by atoms with Crippen LogP contribution in [0.25, 0.3) is 5.65 Å². The van der Waals surface area contributed by atoms with Gasteiger partial charge in [-0.25, -0.2) is 4.98 Å². The van der Waals surface area contributed by atoms with Crippen LogP contribution in [0.1, 0.15) is 68.0 Å². The lowest BCUT2D eigenvalue weighted by molar-refractivity contribution is 0.113. The number of likely N-dealkylation sites (tertiary alicyclic amines) is 1. The lowest BCUT2D eigenvalue weighted by Gasteiger charge is -2.33. The molecule has 5 rings (SSSR count). The Kier molecular flexibility index (Phi) is 3.77. The van der Waals surface area contributed by atoms with Gasteiger partial charge in [0.25, 0.3) is 0 Å². The van der Waals surface area contributed by atoms with Gasteiger partial charge in [-0.2, -0.15) is 0 Å². The van der Waals surface area contributed by atoms with Crippen LogP contribution >= 0.6 is 0 Å². The number of pyridine rings is 1. The number of aromatic nitrogens is 4. The molecular weight excluding hydrogens is 314 g/mol. The Balaban J connectivity index is 1.40. The molecule has 1 atom stereocenters. The van der Waals surface area contributed by atoms with Gasteiger partial charge in [0, 0.05) is 30.6 Å². The van der Waals surface area contributed by atoms with Crippen molar-refractivity contribution in [3.8, 4) is 0 Å². The molecule has 1 saturated carbocycles. The van der Waals surface area contributed by atoms with Gasteiger partial charge in [-0.1, -0.05) is 18.9 Å². The van der Waals surface area contributed by atoms with Crippen molar-refractivity contribution in [1.82, 2.24) is 24.5 Å². The van der Waals surface area contributed by atoms with Gasteiger partial charge in [-0.05, 0) is 44.4 Å². The Hall–Kier alpha value is -2.21. The van der Waals surface area contributed by atoms with Crippen molar-refractivity contribution >= 4 is 5.65 Å². The number of fused-ring (bicyclic) bond motifs is 1. The minimum Gasteiger partial charge on any atom is -0.423 e. The van der Waals surface area contributed by atoms with Crippen molar-refractivity contribution in [2.24, 2.45) is 0 Å². The highest BCUT2D eigenvalue weighted by Crippen LogP contribution is 2.38. The van der Waals surface area contributed by atoms with Crippen molar-refractivity contribution in [3.05, 3.63) is 48.1 Å². The minimum absolute atomic E-state index is 0.230. The smallest absolute Gasteiger partial charge is 0.233 e. The fraction of sp³-hybridized carbons (Fsp3) is 0.526. The van der Waals surface area contributed by atoms with Gasteiger partial charge in [0.15, 0.2) is 0 Å². The topological polar surface area (TPSA) is 59.5 Å². The zero-order valence-electron chi connectivity index (χ0n) is 14.3. The van der Waals surface area contributed by atoms with E-state index in [2.05, 4.69) is 36.6 Å². The van der Waals surface area contributed by atoms with E-state index in [1.54, 1.807) is 0 Å². The number of imidazole rings is 1. The van der Waals surface area contributed by atoms with E-state index in [-0.39, 0.29) is 6.04 Å². The number of nitrogens with zero attached hydrogens (tertiary/aromatic N) is 5. The molecule has 0 radical (unpaired) electrons. The third kappa shape index (κ3) is 2.74. The van der Waals surface area contributed by atoms with Crippen molar-refractivity contribution in [1.29, 1.82) is 0 Å². The molecule has 0 bridgehead atoms.